The lowest BCUT2D eigenvalue weighted by atomic mass is 10.2. The predicted molar refractivity (Wildman–Crippen MR) is 99.1 cm³/mol. The van der Waals surface area contributed by atoms with E-state index < -0.39 is 28.5 Å². The summed E-state index contributed by atoms with van der Waals surface area (Å²) in [7, 11) is 0. The van der Waals surface area contributed by atoms with Crippen molar-refractivity contribution < 1.29 is 23.7 Å². The van der Waals surface area contributed by atoms with Crippen LogP contribution in [0.5, 0.6) is 0 Å². The molecule has 3 aromatic rings. The highest BCUT2D eigenvalue weighted by atomic mass is 16.6. The molecule has 9 heteroatoms. The number of carbonyl (C=O) groups is 2. The number of nitro groups is 1. The number of hydrogen-bond donors (Lipinski definition) is 1. The van der Waals surface area contributed by atoms with Crippen molar-refractivity contribution in [2.24, 2.45) is 0 Å². The summed E-state index contributed by atoms with van der Waals surface area (Å²) >= 11 is 0. The number of benzene rings is 2. The van der Waals surface area contributed by atoms with Crippen LogP contribution in [0.15, 0.2) is 63.8 Å². The Kier molecular flexibility index (Phi) is 5.16. The summed E-state index contributed by atoms with van der Waals surface area (Å²) in [6, 6.07) is 13.5. The van der Waals surface area contributed by atoms with E-state index in [1.165, 1.54) is 37.3 Å². The molecular weight excluding hydrogens is 368 g/mol. The maximum Gasteiger partial charge on any atom is 0.351 e. The van der Waals surface area contributed by atoms with Crippen molar-refractivity contribution in [2.45, 2.75) is 13.0 Å². The SMILES string of the molecule is C[C@@H](OC(=O)c1cc2ccccc2oc1=O)C(=O)Nc1ccccc1[N+](=O)[O-]. The molecule has 1 atom stereocenters. The molecule has 2 aromatic carbocycles. The molecular formula is C19H14N2O7. The number of anilines is 1. The van der Waals surface area contributed by atoms with Crippen LogP contribution >= 0.6 is 0 Å². The third kappa shape index (κ3) is 3.88. The molecule has 0 aliphatic heterocycles. The van der Waals surface area contributed by atoms with Gasteiger partial charge in [-0.1, -0.05) is 30.3 Å². The van der Waals surface area contributed by atoms with E-state index in [1.807, 2.05) is 0 Å². The van der Waals surface area contributed by atoms with Crippen LogP contribution in [0.25, 0.3) is 11.0 Å². The molecule has 1 N–H and O–H groups in total. The topological polar surface area (TPSA) is 129 Å². The van der Waals surface area contributed by atoms with Crippen LogP contribution in [0.2, 0.25) is 0 Å². The molecule has 0 saturated heterocycles. The van der Waals surface area contributed by atoms with Crippen LogP contribution in [0.1, 0.15) is 17.3 Å². The van der Waals surface area contributed by atoms with Crippen LogP contribution in [-0.2, 0) is 9.53 Å². The molecule has 1 aromatic heterocycles. The second-order valence-electron chi connectivity index (χ2n) is 5.80. The number of rotatable bonds is 5. The largest absolute Gasteiger partial charge is 0.449 e. The Balaban J connectivity index is 1.76. The van der Waals surface area contributed by atoms with Gasteiger partial charge in [0.05, 0.1) is 4.92 Å². The lowest BCUT2D eigenvalue weighted by Crippen LogP contribution is -2.31. The van der Waals surface area contributed by atoms with Crippen molar-refractivity contribution in [2.75, 3.05) is 5.32 Å². The minimum atomic E-state index is -1.31. The summed E-state index contributed by atoms with van der Waals surface area (Å²) in [6.07, 6.45) is -1.31. The third-order valence-corrected chi connectivity index (χ3v) is 3.87. The first kappa shape index (κ1) is 18.8. The van der Waals surface area contributed by atoms with E-state index in [2.05, 4.69) is 5.32 Å². The second-order valence-corrected chi connectivity index (χ2v) is 5.80. The number of carbonyl (C=O) groups excluding carboxylic acids is 2. The maximum absolute atomic E-state index is 12.3. The van der Waals surface area contributed by atoms with Gasteiger partial charge in [-0.3, -0.25) is 14.9 Å². The monoisotopic (exact) mass is 382 g/mol. The standard InChI is InChI=1S/C19H14N2O7/c1-11(17(22)20-14-7-3-4-8-15(14)21(25)26)27-18(23)13-10-12-6-2-5-9-16(12)28-19(13)24/h2-11H,1H3,(H,20,22)/t11-/m1/s1. The summed E-state index contributed by atoms with van der Waals surface area (Å²) in [5.74, 6) is -1.82. The van der Waals surface area contributed by atoms with Crippen molar-refractivity contribution in [3.8, 4) is 0 Å². The smallest absolute Gasteiger partial charge is 0.351 e. The van der Waals surface area contributed by atoms with Gasteiger partial charge in [0, 0.05) is 11.5 Å². The van der Waals surface area contributed by atoms with Gasteiger partial charge in [0.15, 0.2) is 6.10 Å². The molecule has 0 aliphatic rings. The number of amides is 1. The Morgan fingerprint density at radius 3 is 2.57 bits per heavy atom. The van der Waals surface area contributed by atoms with E-state index in [0.29, 0.717) is 11.0 Å². The molecule has 0 saturated carbocycles. The van der Waals surface area contributed by atoms with Crippen molar-refractivity contribution in [1.82, 2.24) is 0 Å². The lowest BCUT2D eigenvalue weighted by molar-refractivity contribution is -0.383. The minimum absolute atomic E-state index is 0.0365. The first-order valence-electron chi connectivity index (χ1n) is 8.15. The number of hydrogen-bond acceptors (Lipinski definition) is 7. The van der Waals surface area contributed by atoms with Crippen LogP contribution in [-0.4, -0.2) is 22.9 Å². The van der Waals surface area contributed by atoms with Gasteiger partial charge in [-0.2, -0.15) is 0 Å². The Labute approximate surface area is 157 Å². The van der Waals surface area contributed by atoms with Crippen LogP contribution in [0.3, 0.4) is 0 Å². The van der Waals surface area contributed by atoms with Crippen molar-refractivity contribution in [3.05, 3.63) is 80.7 Å². The Morgan fingerprint density at radius 2 is 1.82 bits per heavy atom. The fraction of sp³-hybridized carbons (Fsp3) is 0.105. The van der Waals surface area contributed by atoms with E-state index in [9.17, 15) is 24.5 Å². The number of esters is 1. The third-order valence-electron chi connectivity index (χ3n) is 3.87. The summed E-state index contributed by atoms with van der Waals surface area (Å²) in [6.45, 7) is 1.28. The molecule has 0 spiro atoms. The van der Waals surface area contributed by atoms with E-state index in [1.54, 1.807) is 24.3 Å². The van der Waals surface area contributed by atoms with Gasteiger partial charge in [-0.25, -0.2) is 9.59 Å². The van der Waals surface area contributed by atoms with Gasteiger partial charge in [-0.15, -0.1) is 0 Å². The van der Waals surface area contributed by atoms with Crippen LogP contribution in [0, 0.1) is 10.1 Å². The summed E-state index contributed by atoms with van der Waals surface area (Å²) in [4.78, 5) is 46.9. The molecule has 0 unspecified atom stereocenters. The molecule has 3 rings (SSSR count). The minimum Gasteiger partial charge on any atom is -0.449 e. The zero-order chi connectivity index (χ0) is 20.3. The van der Waals surface area contributed by atoms with Gasteiger partial charge >= 0.3 is 11.6 Å². The molecule has 9 nitrogen and oxygen atoms in total. The van der Waals surface area contributed by atoms with Crippen LogP contribution < -0.4 is 10.9 Å². The van der Waals surface area contributed by atoms with Crippen molar-refractivity contribution in [1.29, 1.82) is 0 Å². The molecule has 0 fully saturated rings. The summed E-state index contributed by atoms with van der Waals surface area (Å²) < 4.78 is 10.1. The Hall–Kier alpha value is -4.01. The van der Waals surface area contributed by atoms with Crippen molar-refractivity contribution in [3.63, 3.8) is 0 Å². The number of nitrogens with one attached hydrogen (secondary N) is 1. The Morgan fingerprint density at radius 1 is 1.14 bits per heavy atom. The lowest BCUT2D eigenvalue weighted by Gasteiger charge is -2.13. The first-order valence-corrected chi connectivity index (χ1v) is 8.15. The van der Waals surface area contributed by atoms with Gasteiger partial charge < -0.3 is 14.5 Å². The predicted octanol–water partition coefficient (Wildman–Crippen LogP) is 2.89. The molecule has 1 amide bonds. The highest BCUT2D eigenvalue weighted by molar-refractivity contribution is 5.99. The fourth-order valence-corrected chi connectivity index (χ4v) is 2.45. The zero-order valence-corrected chi connectivity index (χ0v) is 14.6. The van der Waals surface area contributed by atoms with Gasteiger partial charge in [0.2, 0.25) is 0 Å². The molecule has 0 radical (unpaired) electrons. The van der Waals surface area contributed by atoms with Crippen molar-refractivity contribution >= 4 is 34.2 Å². The maximum atomic E-state index is 12.3. The van der Waals surface area contributed by atoms with Gasteiger partial charge in [0.25, 0.3) is 11.6 Å². The highest BCUT2D eigenvalue weighted by Crippen LogP contribution is 2.23. The average Bonchev–Trinajstić information content (AvgIpc) is 2.67. The number of ether oxygens (including phenoxy) is 1. The Bertz CT molecular complexity index is 1140. The number of para-hydroxylation sites is 3. The van der Waals surface area contributed by atoms with E-state index >= 15 is 0 Å². The number of fused-ring (bicyclic) bond motifs is 1. The first-order chi connectivity index (χ1) is 13.4. The zero-order valence-electron chi connectivity index (χ0n) is 14.6. The highest BCUT2D eigenvalue weighted by Gasteiger charge is 2.24. The number of nitrogens with zero attached hydrogens (tertiary/aromatic N) is 1. The molecule has 0 bridgehead atoms. The number of nitro benzene ring substituents is 1. The molecule has 1 heterocycles. The molecule has 28 heavy (non-hydrogen) atoms. The van der Waals surface area contributed by atoms with E-state index in [-0.39, 0.29) is 16.9 Å². The van der Waals surface area contributed by atoms with Gasteiger partial charge in [0.1, 0.15) is 16.8 Å². The summed E-state index contributed by atoms with van der Waals surface area (Å²) in [5.41, 5.74) is -1.28. The van der Waals surface area contributed by atoms with E-state index in [0.717, 1.165) is 0 Å². The van der Waals surface area contributed by atoms with E-state index in [4.69, 9.17) is 9.15 Å². The second kappa shape index (κ2) is 7.70. The molecule has 142 valence electrons. The van der Waals surface area contributed by atoms with Gasteiger partial charge in [-0.05, 0) is 25.1 Å². The normalized spacial score (nSPS) is 11.6. The fourth-order valence-electron chi connectivity index (χ4n) is 2.45. The van der Waals surface area contributed by atoms with Crippen LogP contribution in [0.4, 0.5) is 11.4 Å². The summed E-state index contributed by atoms with van der Waals surface area (Å²) in [5, 5.41) is 13.9. The molecule has 0 aliphatic carbocycles. The average molecular weight is 382 g/mol. The quantitative estimate of drug-likeness (QED) is 0.311.